The van der Waals surface area contributed by atoms with Gasteiger partial charge in [0.15, 0.2) is 11.5 Å². The van der Waals surface area contributed by atoms with E-state index in [4.69, 9.17) is 9.47 Å². The van der Waals surface area contributed by atoms with Crippen LogP contribution in [0.25, 0.3) is 6.08 Å². The minimum atomic E-state index is -0.448. The van der Waals surface area contributed by atoms with Gasteiger partial charge in [-0.15, -0.1) is 0 Å². The number of hydrogen-bond donors (Lipinski definition) is 1. The standard InChI is InChI=1S/C23H26N2O3/c1-6-27-22-13-18(9-10-21(22)28-15(2)3)12-19(14-24)23(26)25-20-11-16(4)7-8-17(20)5/h7-13,15H,6H2,1-5H3,(H,25,26)/b19-12+. The van der Waals surface area contributed by atoms with E-state index in [9.17, 15) is 10.1 Å². The Bertz CT molecular complexity index is 924. The Kier molecular flexibility index (Phi) is 7.22. The van der Waals surface area contributed by atoms with Crippen molar-refractivity contribution in [1.82, 2.24) is 0 Å². The summed E-state index contributed by atoms with van der Waals surface area (Å²) in [6.07, 6.45) is 1.56. The van der Waals surface area contributed by atoms with Crippen LogP contribution in [0.5, 0.6) is 11.5 Å². The Balaban J connectivity index is 2.30. The lowest BCUT2D eigenvalue weighted by atomic mass is 10.1. The molecule has 0 atom stereocenters. The lowest BCUT2D eigenvalue weighted by Crippen LogP contribution is -2.14. The number of amides is 1. The summed E-state index contributed by atoms with van der Waals surface area (Å²) in [6.45, 7) is 10.1. The number of nitrogens with one attached hydrogen (secondary N) is 1. The predicted molar refractivity (Wildman–Crippen MR) is 112 cm³/mol. The molecule has 2 aromatic rings. The van der Waals surface area contributed by atoms with Crippen LogP contribution in [0.2, 0.25) is 0 Å². The second-order valence-corrected chi connectivity index (χ2v) is 6.75. The molecule has 5 heteroatoms. The average molecular weight is 378 g/mol. The molecule has 0 spiro atoms. The zero-order chi connectivity index (χ0) is 20.7. The summed E-state index contributed by atoms with van der Waals surface area (Å²) in [5.74, 6) is 0.765. The van der Waals surface area contributed by atoms with Gasteiger partial charge in [-0.2, -0.15) is 5.26 Å². The molecule has 1 N–H and O–H groups in total. The lowest BCUT2D eigenvalue weighted by molar-refractivity contribution is -0.112. The molecule has 2 rings (SSSR count). The minimum Gasteiger partial charge on any atom is -0.490 e. The van der Waals surface area contributed by atoms with Crippen LogP contribution in [0.1, 0.15) is 37.5 Å². The zero-order valence-electron chi connectivity index (χ0n) is 17.0. The molecule has 2 aromatic carbocycles. The van der Waals surface area contributed by atoms with Gasteiger partial charge in [-0.1, -0.05) is 18.2 Å². The Morgan fingerprint density at radius 3 is 2.57 bits per heavy atom. The first kappa shape index (κ1) is 21.0. The molecular formula is C23H26N2O3. The number of nitrogens with zero attached hydrogens (tertiary/aromatic N) is 1. The van der Waals surface area contributed by atoms with Crippen molar-refractivity contribution < 1.29 is 14.3 Å². The molecule has 5 nitrogen and oxygen atoms in total. The highest BCUT2D eigenvalue weighted by atomic mass is 16.5. The van der Waals surface area contributed by atoms with Crippen LogP contribution < -0.4 is 14.8 Å². The SMILES string of the molecule is CCOc1cc(/C=C(\C#N)C(=O)Nc2cc(C)ccc2C)ccc1OC(C)C. The first-order valence-electron chi connectivity index (χ1n) is 9.28. The molecule has 28 heavy (non-hydrogen) atoms. The number of nitriles is 1. The number of rotatable bonds is 7. The number of benzene rings is 2. The molecule has 0 saturated heterocycles. The van der Waals surface area contributed by atoms with E-state index in [0.717, 1.165) is 11.1 Å². The third kappa shape index (κ3) is 5.62. The number of carbonyl (C=O) groups excluding carboxylic acids is 1. The molecule has 0 heterocycles. The molecule has 0 aliphatic carbocycles. The largest absolute Gasteiger partial charge is 0.490 e. The van der Waals surface area contributed by atoms with E-state index in [1.54, 1.807) is 24.3 Å². The summed E-state index contributed by atoms with van der Waals surface area (Å²) < 4.78 is 11.4. The van der Waals surface area contributed by atoms with Crippen molar-refractivity contribution >= 4 is 17.7 Å². The van der Waals surface area contributed by atoms with Crippen molar-refractivity contribution in [2.24, 2.45) is 0 Å². The number of ether oxygens (including phenoxy) is 2. The van der Waals surface area contributed by atoms with Crippen molar-refractivity contribution in [2.45, 2.75) is 40.7 Å². The van der Waals surface area contributed by atoms with Crippen LogP contribution in [-0.4, -0.2) is 18.6 Å². The van der Waals surface area contributed by atoms with E-state index in [0.29, 0.717) is 29.4 Å². The Labute approximate surface area is 166 Å². The van der Waals surface area contributed by atoms with Gasteiger partial charge in [-0.25, -0.2) is 0 Å². The predicted octanol–water partition coefficient (Wildman–Crippen LogP) is 5.04. The van der Waals surface area contributed by atoms with Gasteiger partial charge in [0.25, 0.3) is 5.91 Å². The van der Waals surface area contributed by atoms with Gasteiger partial charge in [-0.05, 0) is 75.6 Å². The average Bonchev–Trinajstić information content (AvgIpc) is 2.64. The molecule has 0 aliphatic rings. The topological polar surface area (TPSA) is 71.3 Å². The number of aryl methyl sites for hydroxylation is 2. The highest BCUT2D eigenvalue weighted by Crippen LogP contribution is 2.30. The third-order valence-electron chi connectivity index (χ3n) is 3.95. The summed E-state index contributed by atoms with van der Waals surface area (Å²) >= 11 is 0. The molecule has 0 aliphatic heterocycles. The van der Waals surface area contributed by atoms with E-state index in [1.807, 2.05) is 58.9 Å². The van der Waals surface area contributed by atoms with Crippen molar-refractivity contribution in [1.29, 1.82) is 5.26 Å². The molecule has 0 bridgehead atoms. The van der Waals surface area contributed by atoms with Gasteiger partial charge in [0.05, 0.1) is 12.7 Å². The second kappa shape index (κ2) is 9.61. The van der Waals surface area contributed by atoms with Crippen molar-refractivity contribution in [3.63, 3.8) is 0 Å². The first-order chi connectivity index (χ1) is 13.3. The van der Waals surface area contributed by atoms with Gasteiger partial charge in [0, 0.05) is 5.69 Å². The van der Waals surface area contributed by atoms with Crippen LogP contribution in [0, 0.1) is 25.2 Å². The van der Waals surface area contributed by atoms with E-state index in [2.05, 4.69) is 5.32 Å². The maximum absolute atomic E-state index is 12.6. The summed E-state index contributed by atoms with van der Waals surface area (Å²) in [5.41, 5.74) is 3.37. The van der Waals surface area contributed by atoms with Crippen molar-refractivity contribution in [2.75, 3.05) is 11.9 Å². The fourth-order valence-electron chi connectivity index (χ4n) is 2.61. The summed E-state index contributed by atoms with van der Waals surface area (Å²) in [4.78, 5) is 12.6. The molecule has 0 unspecified atom stereocenters. The molecule has 0 saturated carbocycles. The Hall–Kier alpha value is -3.26. The van der Waals surface area contributed by atoms with Gasteiger partial charge < -0.3 is 14.8 Å². The quantitative estimate of drug-likeness (QED) is 0.541. The highest BCUT2D eigenvalue weighted by Gasteiger charge is 2.13. The molecule has 0 fully saturated rings. The number of carbonyl (C=O) groups is 1. The highest BCUT2D eigenvalue weighted by molar-refractivity contribution is 6.10. The maximum Gasteiger partial charge on any atom is 0.266 e. The second-order valence-electron chi connectivity index (χ2n) is 6.75. The normalized spacial score (nSPS) is 11.1. The minimum absolute atomic E-state index is 0.0126. The summed E-state index contributed by atoms with van der Waals surface area (Å²) in [6, 6.07) is 13.1. The molecule has 0 aromatic heterocycles. The smallest absolute Gasteiger partial charge is 0.266 e. The maximum atomic E-state index is 12.6. The van der Waals surface area contributed by atoms with E-state index in [1.165, 1.54) is 0 Å². The summed E-state index contributed by atoms with van der Waals surface area (Å²) in [5, 5.41) is 12.3. The molecular weight excluding hydrogens is 352 g/mol. The van der Waals surface area contributed by atoms with E-state index < -0.39 is 5.91 Å². The van der Waals surface area contributed by atoms with Crippen LogP contribution in [0.3, 0.4) is 0 Å². The molecule has 0 radical (unpaired) electrons. The fourth-order valence-corrected chi connectivity index (χ4v) is 2.61. The van der Waals surface area contributed by atoms with Crippen LogP contribution in [0.15, 0.2) is 42.0 Å². The van der Waals surface area contributed by atoms with Crippen LogP contribution in [-0.2, 0) is 4.79 Å². The Morgan fingerprint density at radius 1 is 1.18 bits per heavy atom. The van der Waals surface area contributed by atoms with Crippen LogP contribution >= 0.6 is 0 Å². The fraction of sp³-hybridized carbons (Fsp3) is 0.304. The number of hydrogen-bond acceptors (Lipinski definition) is 4. The molecule has 146 valence electrons. The monoisotopic (exact) mass is 378 g/mol. The van der Waals surface area contributed by atoms with Gasteiger partial charge in [0.1, 0.15) is 11.6 Å². The van der Waals surface area contributed by atoms with Gasteiger partial charge in [-0.3, -0.25) is 4.79 Å². The van der Waals surface area contributed by atoms with Crippen molar-refractivity contribution in [3.05, 3.63) is 58.7 Å². The zero-order valence-corrected chi connectivity index (χ0v) is 17.0. The van der Waals surface area contributed by atoms with E-state index in [-0.39, 0.29) is 11.7 Å². The van der Waals surface area contributed by atoms with Gasteiger partial charge >= 0.3 is 0 Å². The van der Waals surface area contributed by atoms with E-state index >= 15 is 0 Å². The summed E-state index contributed by atoms with van der Waals surface area (Å²) in [7, 11) is 0. The first-order valence-corrected chi connectivity index (χ1v) is 9.28. The number of anilines is 1. The Morgan fingerprint density at radius 2 is 1.93 bits per heavy atom. The van der Waals surface area contributed by atoms with Crippen molar-refractivity contribution in [3.8, 4) is 17.6 Å². The van der Waals surface area contributed by atoms with Crippen LogP contribution in [0.4, 0.5) is 5.69 Å². The van der Waals surface area contributed by atoms with Gasteiger partial charge in [0.2, 0.25) is 0 Å². The third-order valence-corrected chi connectivity index (χ3v) is 3.95. The molecule has 1 amide bonds. The lowest BCUT2D eigenvalue weighted by Gasteiger charge is -2.15.